The Morgan fingerprint density at radius 1 is 1.30 bits per heavy atom. The van der Waals surface area contributed by atoms with Crippen LogP contribution in [0, 0.1) is 5.82 Å². The minimum Gasteiger partial charge on any atom is -0.463 e. The average molecular weight is 323 g/mol. The number of nitrogens with one attached hydrogen (secondary N) is 1. The molecule has 0 aliphatic rings. The van der Waals surface area contributed by atoms with Crippen LogP contribution >= 0.6 is 0 Å². The Balaban J connectivity index is 2.88. The fourth-order valence-corrected chi connectivity index (χ4v) is 1.73. The zero-order chi connectivity index (χ0) is 17.5. The van der Waals surface area contributed by atoms with Gasteiger partial charge in [-0.2, -0.15) is 0 Å². The molecule has 0 atom stereocenters. The molecule has 126 valence electrons. The number of halogens is 1. The Labute approximate surface area is 135 Å². The minimum absolute atomic E-state index is 0.0111. The van der Waals surface area contributed by atoms with E-state index in [9.17, 15) is 14.0 Å². The second-order valence-electron chi connectivity index (χ2n) is 5.79. The van der Waals surface area contributed by atoms with E-state index in [1.165, 1.54) is 24.3 Å². The molecule has 1 aromatic rings. The molecule has 0 saturated heterocycles. The lowest BCUT2D eigenvalue weighted by Gasteiger charge is -2.20. The lowest BCUT2D eigenvalue weighted by molar-refractivity contribution is -0.137. The molecule has 1 rings (SSSR count). The van der Waals surface area contributed by atoms with Crippen LogP contribution in [0.4, 0.5) is 9.18 Å². The predicted molar refractivity (Wildman–Crippen MR) is 85.2 cm³/mol. The summed E-state index contributed by atoms with van der Waals surface area (Å²) in [6.07, 6.45) is 0.610. The Kier molecular flexibility index (Phi) is 6.75. The van der Waals surface area contributed by atoms with E-state index in [4.69, 9.17) is 9.47 Å². The van der Waals surface area contributed by atoms with Gasteiger partial charge in [-0.3, -0.25) is 0 Å². The number of hydrogen-bond donors (Lipinski definition) is 1. The highest BCUT2D eigenvalue weighted by Gasteiger charge is 2.16. The van der Waals surface area contributed by atoms with Crippen LogP contribution in [0.5, 0.6) is 0 Å². The molecule has 0 bridgehead atoms. The van der Waals surface area contributed by atoms with Gasteiger partial charge in [-0.15, -0.1) is 0 Å². The maximum atomic E-state index is 13.4. The van der Waals surface area contributed by atoms with Gasteiger partial charge in [-0.1, -0.05) is 12.1 Å². The van der Waals surface area contributed by atoms with Crippen LogP contribution in [-0.4, -0.2) is 30.8 Å². The number of esters is 1. The zero-order valence-electron chi connectivity index (χ0n) is 13.8. The summed E-state index contributed by atoms with van der Waals surface area (Å²) in [6.45, 7) is 7.16. The van der Waals surface area contributed by atoms with Gasteiger partial charge >= 0.3 is 12.1 Å². The summed E-state index contributed by atoms with van der Waals surface area (Å²) < 4.78 is 23.4. The second-order valence-corrected chi connectivity index (χ2v) is 5.79. The average Bonchev–Trinajstić information content (AvgIpc) is 2.41. The first-order valence-electron chi connectivity index (χ1n) is 7.31. The van der Waals surface area contributed by atoms with Crippen molar-refractivity contribution in [2.24, 2.45) is 0 Å². The molecule has 0 saturated carbocycles. The summed E-state index contributed by atoms with van der Waals surface area (Å²) in [4.78, 5) is 23.4. The summed E-state index contributed by atoms with van der Waals surface area (Å²) in [7, 11) is 0. The van der Waals surface area contributed by atoms with E-state index in [-0.39, 0.29) is 13.2 Å². The fourth-order valence-electron chi connectivity index (χ4n) is 1.73. The van der Waals surface area contributed by atoms with E-state index in [1.54, 1.807) is 33.8 Å². The third-order valence-electron chi connectivity index (χ3n) is 2.60. The maximum absolute atomic E-state index is 13.4. The number of alkyl carbamates (subject to hydrolysis) is 1. The number of benzene rings is 1. The van der Waals surface area contributed by atoms with Crippen LogP contribution in [0.15, 0.2) is 30.3 Å². The first-order chi connectivity index (χ1) is 10.7. The lowest BCUT2D eigenvalue weighted by atomic mass is 10.1. The standard InChI is InChI=1S/C17H22FNO4/c1-5-22-15(20)10-13(12-7-6-8-14(18)9-12)11-19-16(21)23-17(2,3)4/h6-10H,5,11H2,1-4H3,(H,19,21)/b13-10-. The molecular weight excluding hydrogens is 301 g/mol. The molecule has 0 aliphatic carbocycles. The number of ether oxygens (including phenoxy) is 2. The van der Waals surface area contributed by atoms with Gasteiger partial charge in [0.15, 0.2) is 0 Å². The van der Waals surface area contributed by atoms with Crippen molar-refractivity contribution in [2.45, 2.75) is 33.3 Å². The molecule has 6 heteroatoms. The van der Waals surface area contributed by atoms with Crippen LogP contribution in [0.1, 0.15) is 33.3 Å². The zero-order valence-corrected chi connectivity index (χ0v) is 13.8. The summed E-state index contributed by atoms with van der Waals surface area (Å²) in [5.41, 5.74) is 0.274. The van der Waals surface area contributed by atoms with E-state index in [0.717, 1.165) is 0 Å². The summed E-state index contributed by atoms with van der Waals surface area (Å²) in [5.74, 6) is -0.993. The number of rotatable bonds is 5. The van der Waals surface area contributed by atoms with Crippen molar-refractivity contribution in [1.29, 1.82) is 0 Å². The molecule has 0 aromatic heterocycles. The summed E-state index contributed by atoms with van der Waals surface area (Å²) in [5, 5.41) is 2.55. The quantitative estimate of drug-likeness (QED) is 0.667. The van der Waals surface area contributed by atoms with Crippen LogP contribution in [0.2, 0.25) is 0 Å². The summed E-state index contributed by atoms with van der Waals surface area (Å²) >= 11 is 0. The van der Waals surface area contributed by atoms with Crippen LogP contribution in [0.25, 0.3) is 5.57 Å². The molecule has 0 radical (unpaired) electrons. The highest BCUT2D eigenvalue weighted by molar-refractivity contribution is 5.92. The van der Waals surface area contributed by atoms with Gasteiger partial charge in [0.1, 0.15) is 11.4 Å². The molecule has 0 spiro atoms. The molecule has 0 unspecified atom stereocenters. The third-order valence-corrected chi connectivity index (χ3v) is 2.60. The Morgan fingerprint density at radius 2 is 2.00 bits per heavy atom. The molecule has 1 amide bonds. The van der Waals surface area contributed by atoms with Crippen LogP contribution in [0.3, 0.4) is 0 Å². The van der Waals surface area contributed by atoms with Crippen LogP contribution < -0.4 is 5.32 Å². The van der Waals surface area contributed by atoms with Gasteiger partial charge in [-0.25, -0.2) is 14.0 Å². The van der Waals surface area contributed by atoms with Crippen molar-refractivity contribution < 1.29 is 23.5 Å². The van der Waals surface area contributed by atoms with E-state index in [1.807, 2.05) is 0 Å². The van der Waals surface area contributed by atoms with Crippen molar-refractivity contribution in [1.82, 2.24) is 5.32 Å². The van der Waals surface area contributed by atoms with Crippen molar-refractivity contribution in [2.75, 3.05) is 13.2 Å². The van der Waals surface area contributed by atoms with Crippen molar-refractivity contribution in [3.05, 3.63) is 41.7 Å². The van der Waals surface area contributed by atoms with Gasteiger partial charge in [-0.05, 0) is 51.0 Å². The molecular formula is C17H22FNO4. The van der Waals surface area contributed by atoms with Gasteiger partial charge in [0.25, 0.3) is 0 Å². The molecule has 0 heterocycles. The van der Waals surface area contributed by atoms with Crippen LogP contribution in [-0.2, 0) is 14.3 Å². The monoisotopic (exact) mass is 323 g/mol. The molecule has 5 nitrogen and oxygen atoms in total. The highest BCUT2D eigenvalue weighted by Crippen LogP contribution is 2.16. The molecule has 23 heavy (non-hydrogen) atoms. The van der Waals surface area contributed by atoms with Crippen molar-refractivity contribution in [3.63, 3.8) is 0 Å². The van der Waals surface area contributed by atoms with Gasteiger partial charge < -0.3 is 14.8 Å². The Morgan fingerprint density at radius 3 is 2.57 bits per heavy atom. The van der Waals surface area contributed by atoms with Gasteiger partial charge in [0.2, 0.25) is 0 Å². The first kappa shape index (κ1) is 18.7. The number of carbonyl (C=O) groups is 2. The summed E-state index contributed by atoms with van der Waals surface area (Å²) in [6, 6.07) is 5.75. The highest BCUT2D eigenvalue weighted by atomic mass is 19.1. The van der Waals surface area contributed by atoms with Crippen molar-refractivity contribution in [3.8, 4) is 0 Å². The van der Waals surface area contributed by atoms with E-state index in [2.05, 4.69) is 5.32 Å². The lowest BCUT2D eigenvalue weighted by Crippen LogP contribution is -2.33. The third kappa shape index (κ3) is 7.44. The smallest absolute Gasteiger partial charge is 0.407 e. The topological polar surface area (TPSA) is 64.6 Å². The molecule has 1 aromatic carbocycles. The molecule has 1 N–H and O–H groups in total. The number of carbonyl (C=O) groups excluding carboxylic acids is 2. The molecule has 0 aliphatic heterocycles. The van der Waals surface area contributed by atoms with E-state index < -0.39 is 23.5 Å². The largest absolute Gasteiger partial charge is 0.463 e. The van der Waals surface area contributed by atoms with Crippen molar-refractivity contribution >= 4 is 17.6 Å². The van der Waals surface area contributed by atoms with Gasteiger partial charge in [0, 0.05) is 12.6 Å². The SMILES string of the molecule is CCOC(=O)/C=C(/CNC(=O)OC(C)(C)C)c1cccc(F)c1. The predicted octanol–water partition coefficient (Wildman–Crippen LogP) is 3.30. The number of amides is 1. The first-order valence-corrected chi connectivity index (χ1v) is 7.31. The van der Waals surface area contributed by atoms with Gasteiger partial charge in [0.05, 0.1) is 6.61 Å². The van der Waals surface area contributed by atoms with E-state index in [0.29, 0.717) is 11.1 Å². The second kappa shape index (κ2) is 8.31. The number of hydrogen-bond acceptors (Lipinski definition) is 4. The maximum Gasteiger partial charge on any atom is 0.407 e. The fraction of sp³-hybridized carbons (Fsp3) is 0.412. The Bertz CT molecular complexity index is 591. The Hall–Kier alpha value is -2.37. The van der Waals surface area contributed by atoms with E-state index >= 15 is 0 Å². The normalized spacial score (nSPS) is 11.8. The minimum atomic E-state index is -0.631. The molecule has 0 fully saturated rings.